The zero-order valence-corrected chi connectivity index (χ0v) is 18.4. The van der Waals surface area contributed by atoms with Crippen LogP contribution in [0.5, 0.6) is 0 Å². The first-order valence-electron chi connectivity index (χ1n) is 8.86. The summed E-state index contributed by atoms with van der Waals surface area (Å²) in [5.41, 5.74) is 1.51. The van der Waals surface area contributed by atoms with E-state index in [0.29, 0.717) is 15.8 Å². The van der Waals surface area contributed by atoms with Crippen molar-refractivity contribution in [3.8, 4) is 11.3 Å². The summed E-state index contributed by atoms with van der Waals surface area (Å²) in [4.78, 5) is 20.9. The van der Waals surface area contributed by atoms with Crippen molar-refractivity contribution < 1.29 is 14.4 Å². The normalized spacial score (nSPS) is 13.5. The monoisotopic (exact) mass is 448 g/mol. The minimum absolute atomic E-state index is 0.0914. The molecule has 30 heavy (non-hydrogen) atoms. The van der Waals surface area contributed by atoms with Crippen LogP contribution in [-0.2, 0) is 9.47 Å². The summed E-state index contributed by atoms with van der Waals surface area (Å²) in [5, 5.41) is 20.5. The Morgan fingerprint density at radius 1 is 1.10 bits per heavy atom. The molecule has 0 aliphatic carbocycles. The van der Waals surface area contributed by atoms with E-state index < -0.39 is 4.92 Å². The van der Waals surface area contributed by atoms with Crippen molar-refractivity contribution in [3.05, 3.63) is 46.6 Å². The minimum Gasteiger partial charge on any atom is -0.362 e. The molecule has 3 rings (SSSR count). The lowest BCUT2D eigenvalue weighted by molar-refractivity contribution is -0.380. The molecule has 0 aliphatic rings. The molecule has 0 aliphatic heterocycles. The molecule has 0 saturated heterocycles. The van der Waals surface area contributed by atoms with Crippen LogP contribution in [0.2, 0.25) is 0 Å². The Morgan fingerprint density at radius 3 is 2.33 bits per heavy atom. The number of rotatable bonds is 9. The third-order valence-electron chi connectivity index (χ3n) is 4.22. The number of nitro groups is 1. The van der Waals surface area contributed by atoms with Crippen molar-refractivity contribution in [2.24, 2.45) is 10.2 Å². The summed E-state index contributed by atoms with van der Waals surface area (Å²) in [7, 11) is 3.23. The molecule has 12 heteroatoms. The molecule has 0 radical (unpaired) electrons. The molecular formula is C18H20N6O4S2. The van der Waals surface area contributed by atoms with Gasteiger partial charge in [-0.2, -0.15) is 0 Å². The van der Waals surface area contributed by atoms with Crippen LogP contribution in [0.15, 0.2) is 46.8 Å². The first-order valence-corrected chi connectivity index (χ1v) is 10.5. The van der Waals surface area contributed by atoms with E-state index in [-0.39, 0.29) is 22.6 Å². The van der Waals surface area contributed by atoms with Crippen molar-refractivity contribution in [3.63, 3.8) is 0 Å². The third kappa shape index (κ3) is 4.84. The number of anilines is 1. The molecule has 0 spiro atoms. The Balaban J connectivity index is 2.03. The van der Waals surface area contributed by atoms with Gasteiger partial charge < -0.3 is 9.47 Å². The minimum atomic E-state index is -0.507. The topological polar surface area (TPSA) is 115 Å². The molecular weight excluding hydrogens is 428 g/mol. The van der Waals surface area contributed by atoms with Crippen LogP contribution in [0.25, 0.3) is 11.3 Å². The lowest BCUT2D eigenvalue weighted by atomic mass is 10.2. The number of aromatic nitrogens is 2. The van der Waals surface area contributed by atoms with Gasteiger partial charge in [-0.1, -0.05) is 41.7 Å². The second-order valence-electron chi connectivity index (χ2n) is 6.03. The first kappa shape index (κ1) is 21.9. The van der Waals surface area contributed by atoms with Crippen LogP contribution in [0, 0.1) is 10.1 Å². The number of ether oxygens (including phenoxy) is 2. The predicted octanol–water partition coefficient (Wildman–Crippen LogP) is 5.38. The molecule has 0 amide bonds. The molecule has 2 unspecified atom stereocenters. The van der Waals surface area contributed by atoms with E-state index in [1.165, 1.54) is 11.3 Å². The Bertz CT molecular complexity index is 1010. The first-order chi connectivity index (χ1) is 14.4. The molecule has 3 aromatic rings. The van der Waals surface area contributed by atoms with Gasteiger partial charge in [0.05, 0.1) is 4.92 Å². The van der Waals surface area contributed by atoms with E-state index in [2.05, 4.69) is 15.2 Å². The summed E-state index contributed by atoms with van der Waals surface area (Å²) >= 11 is 2.17. The maximum absolute atomic E-state index is 10.9. The van der Waals surface area contributed by atoms with Crippen LogP contribution in [0.1, 0.15) is 13.8 Å². The summed E-state index contributed by atoms with van der Waals surface area (Å²) < 4.78 is 11.0. The number of azo groups is 1. The highest BCUT2D eigenvalue weighted by Gasteiger charge is 2.26. The van der Waals surface area contributed by atoms with Gasteiger partial charge in [0, 0.05) is 19.8 Å². The number of hydrogen-bond donors (Lipinski definition) is 0. The molecule has 2 atom stereocenters. The number of methoxy groups -OCH3 is 2. The van der Waals surface area contributed by atoms with Crippen LogP contribution in [-0.4, -0.2) is 41.6 Å². The Kier molecular flexibility index (Phi) is 7.15. The highest BCUT2D eigenvalue weighted by Crippen LogP contribution is 2.42. The average Bonchev–Trinajstić information content (AvgIpc) is 3.40. The van der Waals surface area contributed by atoms with Crippen LogP contribution < -0.4 is 4.90 Å². The number of benzene rings is 1. The molecule has 0 fully saturated rings. The molecule has 2 aromatic heterocycles. The SMILES string of the molecule is COC(C)N(c1nc(-c2ccccc2)c(N=Nc2ncc([N+](=O)[O-])s2)s1)C(C)OC. The Labute approximate surface area is 181 Å². The molecule has 0 N–H and O–H groups in total. The van der Waals surface area contributed by atoms with Gasteiger partial charge in [-0.05, 0) is 25.2 Å². The van der Waals surface area contributed by atoms with Crippen molar-refractivity contribution in [2.45, 2.75) is 26.3 Å². The summed E-state index contributed by atoms with van der Waals surface area (Å²) in [5.74, 6) is 0. The zero-order valence-electron chi connectivity index (χ0n) is 16.8. The van der Waals surface area contributed by atoms with Crippen molar-refractivity contribution in [1.29, 1.82) is 0 Å². The van der Waals surface area contributed by atoms with Crippen molar-refractivity contribution >= 4 is 42.9 Å². The van der Waals surface area contributed by atoms with Gasteiger partial charge in [0.15, 0.2) is 10.1 Å². The quantitative estimate of drug-likeness (QED) is 0.187. The van der Waals surface area contributed by atoms with Crippen molar-refractivity contribution in [1.82, 2.24) is 9.97 Å². The fourth-order valence-electron chi connectivity index (χ4n) is 2.57. The zero-order chi connectivity index (χ0) is 21.7. The highest BCUT2D eigenvalue weighted by atomic mass is 32.1. The summed E-state index contributed by atoms with van der Waals surface area (Å²) in [6.45, 7) is 3.80. The fourth-order valence-corrected chi connectivity index (χ4v) is 4.18. The number of thiazole rings is 2. The van der Waals surface area contributed by atoms with Crippen LogP contribution in [0.4, 0.5) is 20.3 Å². The van der Waals surface area contributed by atoms with Gasteiger partial charge in [-0.3, -0.25) is 15.0 Å². The molecule has 158 valence electrons. The van der Waals surface area contributed by atoms with Crippen molar-refractivity contribution in [2.75, 3.05) is 19.1 Å². The number of hydrogen-bond acceptors (Lipinski definition) is 11. The second-order valence-corrected chi connectivity index (χ2v) is 7.98. The predicted molar refractivity (Wildman–Crippen MR) is 116 cm³/mol. The molecule has 0 saturated carbocycles. The molecule has 10 nitrogen and oxygen atoms in total. The van der Waals surface area contributed by atoms with E-state index >= 15 is 0 Å². The molecule has 2 heterocycles. The Hall–Kier alpha value is -2.80. The van der Waals surface area contributed by atoms with Gasteiger partial charge in [0.2, 0.25) is 5.13 Å². The largest absolute Gasteiger partial charge is 0.362 e. The lowest BCUT2D eigenvalue weighted by Crippen LogP contribution is -2.42. The smallest absolute Gasteiger partial charge is 0.345 e. The average molecular weight is 449 g/mol. The van der Waals surface area contributed by atoms with Gasteiger partial charge in [-0.15, -0.1) is 10.2 Å². The van der Waals surface area contributed by atoms with E-state index in [1.54, 1.807) is 14.2 Å². The number of nitrogens with zero attached hydrogens (tertiary/aromatic N) is 6. The van der Waals surface area contributed by atoms with Gasteiger partial charge in [0.25, 0.3) is 0 Å². The van der Waals surface area contributed by atoms with E-state index in [9.17, 15) is 10.1 Å². The third-order valence-corrected chi connectivity index (χ3v) is 6.01. The second kappa shape index (κ2) is 9.80. The van der Waals surface area contributed by atoms with E-state index in [1.807, 2.05) is 49.1 Å². The molecule has 1 aromatic carbocycles. The maximum Gasteiger partial charge on any atom is 0.345 e. The Morgan fingerprint density at radius 2 is 1.77 bits per heavy atom. The maximum atomic E-state index is 10.9. The van der Waals surface area contributed by atoms with E-state index in [0.717, 1.165) is 23.1 Å². The summed E-state index contributed by atoms with van der Waals surface area (Å²) in [6, 6.07) is 9.59. The lowest BCUT2D eigenvalue weighted by Gasteiger charge is -2.32. The standard InChI is InChI=1S/C18H20N6O4S2/c1-11(27-3)23(12(2)28-4)18-20-15(13-8-6-5-7-9-13)16(30-18)21-22-17-19-10-14(29-17)24(25)26/h5-12H,1-4H3. The molecule has 0 bridgehead atoms. The van der Waals surface area contributed by atoms with E-state index in [4.69, 9.17) is 14.5 Å². The van der Waals surface area contributed by atoms with Gasteiger partial charge in [0.1, 0.15) is 24.3 Å². The van der Waals surface area contributed by atoms with Gasteiger partial charge in [-0.25, -0.2) is 9.97 Å². The summed E-state index contributed by atoms with van der Waals surface area (Å²) in [6.07, 6.45) is 0.583. The van der Waals surface area contributed by atoms with Gasteiger partial charge >= 0.3 is 5.00 Å². The van der Waals surface area contributed by atoms with Crippen LogP contribution in [0.3, 0.4) is 0 Å². The van der Waals surface area contributed by atoms with Crippen LogP contribution >= 0.6 is 22.7 Å². The fraction of sp³-hybridized carbons (Fsp3) is 0.333. The highest BCUT2D eigenvalue weighted by molar-refractivity contribution is 7.20.